The fourth-order valence-corrected chi connectivity index (χ4v) is 2.14. The van der Waals surface area contributed by atoms with Gasteiger partial charge in [0.15, 0.2) is 5.96 Å². The summed E-state index contributed by atoms with van der Waals surface area (Å²) in [6, 6.07) is 10.2. The summed E-state index contributed by atoms with van der Waals surface area (Å²) in [6.45, 7) is 2.99. The second kappa shape index (κ2) is 6.52. The zero-order chi connectivity index (χ0) is 14.4. The lowest BCUT2D eigenvalue weighted by Crippen LogP contribution is -2.44. The van der Waals surface area contributed by atoms with Crippen molar-refractivity contribution in [2.24, 2.45) is 4.99 Å². The minimum Gasteiger partial charge on any atom is -0.383 e. The van der Waals surface area contributed by atoms with E-state index in [1.165, 1.54) is 5.56 Å². The number of nitrogens with zero attached hydrogens (tertiary/aromatic N) is 1. The van der Waals surface area contributed by atoms with Crippen LogP contribution in [-0.4, -0.2) is 37.7 Å². The van der Waals surface area contributed by atoms with Crippen molar-refractivity contribution in [3.05, 3.63) is 35.9 Å². The van der Waals surface area contributed by atoms with Gasteiger partial charge in [-0.15, -0.1) is 0 Å². The zero-order valence-corrected chi connectivity index (χ0v) is 12.0. The molecule has 1 aliphatic rings. The number of hydrogen-bond donors (Lipinski definition) is 2. The van der Waals surface area contributed by atoms with E-state index in [-0.39, 0.29) is 5.91 Å². The van der Waals surface area contributed by atoms with Crippen molar-refractivity contribution in [2.45, 2.75) is 25.3 Å². The van der Waals surface area contributed by atoms with Gasteiger partial charge in [0.05, 0.1) is 13.2 Å². The largest absolute Gasteiger partial charge is 0.383 e. The number of carbonyl (C=O) groups excluding carboxylic acids is 1. The molecule has 0 saturated carbocycles. The van der Waals surface area contributed by atoms with Gasteiger partial charge in [0.25, 0.3) is 5.91 Å². The molecule has 0 aromatic heterocycles. The lowest BCUT2D eigenvalue weighted by Gasteiger charge is -2.20. The van der Waals surface area contributed by atoms with Crippen molar-refractivity contribution in [3.8, 4) is 0 Å². The van der Waals surface area contributed by atoms with Crippen molar-refractivity contribution >= 4 is 11.9 Å². The number of guanidine groups is 1. The highest BCUT2D eigenvalue weighted by atomic mass is 16.5. The van der Waals surface area contributed by atoms with Crippen LogP contribution in [0.4, 0.5) is 0 Å². The van der Waals surface area contributed by atoms with Crippen LogP contribution in [0.3, 0.4) is 0 Å². The van der Waals surface area contributed by atoms with Gasteiger partial charge in [0.2, 0.25) is 0 Å². The highest BCUT2D eigenvalue weighted by molar-refractivity contribution is 6.08. The third kappa shape index (κ3) is 3.57. The molecule has 1 unspecified atom stereocenters. The first-order valence-corrected chi connectivity index (χ1v) is 6.81. The summed E-state index contributed by atoms with van der Waals surface area (Å²) in [5.74, 6) is 0.521. The van der Waals surface area contributed by atoms with Crippen LogP contribution in [0.25, 0.3) is 0 Å². The molecule has 0 aliphatic carbocycles. The average Bonchev–Trinajstić information content (AvgIpc) is 2.74. The second-order valence-electron chi connectivity index (χ2n) is 5.12. The smallest absolute Gasteiger partial charge is 0.252 e. The third-order valence-electron chi connectivity index (χ3n) is 3.45. The molecule has 1 aromatic rings. The van der Waals surface area contributed by atoms with Gasteiger partial charge in [0, 0.05) is 7.11 Å². The summed E-state index contributed by atoms with van der Waals surface area (Å²) in [6.07, 6.45) is 1.58. The van der Waals surface area contributed by atoms with Gasteiger partial charge in [-0.1, -0.05) is 30.3 Å². The fraction of sp³-hybridized carbons (Fsp3) is 0.467. The predicted molar refractivity (Wildman–Crippen MR) is 78.6 cm³/mol. The molecule has 1 fully saturated rings. The molecule has 2 rings (SSSR count). The highest BCUT2D eigenvalue weighted by Crippen LogP contribution is 2.17. The van der Waals surface area contributed by atoms with Gasteiger partial charge in [-0.25, -0.2) is 0 Å². The van der Waals surface area contributed by atoms with E-state index >= 15 is 0 Å². The molecule has 108 valence electrons. The molecule has 1 aromatic carbocycles. The summed E-state index contributed by atoms with van der Waals surface area (Å²) < 4.78 is 4.94. The number of aryl methyl sites for hydroxylation is 1. The van der Waals surface area contributed by atoms with E-state index in [4.69, 9.17) is 4.74 Å². The molecule has 1 amide bonds. The number of benzene rings is 1. The van der Waals surface area contributed by atoms with Crippen LogP contribution in [-0.2, 0) is 16.0 Å². The molecule has 1 aliphatic heterocycles. The van der Waals surface area contributed by atoms with E-state index in [0.29, 0.717) is 19.1 Å². The molecule has 0 radical (unpaired) electrons. The zero-order valence-electron chi connectivity index (χ0n) is 12.0. The molecular weight excluding hydrogens is 254 g/mol. The van der Waals surface area contributed by atoms with Gasteiger partial charge in [-0.05, 0) is 25.3 Å². The summed E-state index contributed by atoms with van der Waals surface area (Å²) in [4.78, 5) is 16.3. The molecule has 0 bridgehead atoms. The molecule has 1 atom stereocenters. The topological polar surface area (TPSA) is 62.7 Å². The van der Waals surface area contributed by atoms with Crippen LogP contribution in [0, 0.1) is 0 Å². The first-order chi connectivity index (χ1) is 9.64. The summed E-state index contributed by atoms with van der Waals surface area (Å²) in [7, 11) is 1.63. The molecular formula is C15H21N3O2. The lowest BCUT2D eigenvalue weighted by atomic mass is 9.93. The first kappa shape index (κ1) is 14.5. The van der Waals surface area contributed by atoms with Gasteiger partial charge < -0.3 is 10.1 Å². The summed E-state index contributed by atoms with van der Waals surface area (Å²) in [5, 5.41) is 5.96. The summed E-state index contributed by atoms with van der Waals surface area (Å²) >= 11 is 0. The number of amides is 1. The van der Waals surface area contributed by atoms with Crippen molar-refractivity contribution in [3.63, 3.8) is 0 Å². The Morgan fingerprint density at radius 2 is 2.05 bits per heavy atom. The van der Waals surface area contributed by atoms with Crippen LogP contribution in [0.2, 0.25) is 0 Å². The normalized spacial score (nSPS) is 23.7. The maximum absolute atomic E-state index is 12.1. The van der Waals surface area contributed by atoms with Gasteiger partial charge in [-0.3, -0.25) is 15.1 Å². The minimum absolute atomic E-state index is 0.0235. The van der Waals surface area contributed by atoms with Crippen molar-refractivity contribution in [1.29, 1.82) is 0 Å². The van der Waals surface area contributed by atoms with Crippen molar-refractivity contribution < 1.29 is 9.53 Å². The molecule has 2 N–H and O–H groups in total. The predicted octanol–water partition coefficient (Wildman–Crippen LogP) is 1.10. The quantitative estimate of drug-likeness (QED) is 0.764. The van der Waals surface area contributed by atoms with Gasteiger partial charge in [0.1, 0.15) is 5.54 Å². The van der Waals surface area contributed by atoms with Crippen molar-refractivity contribution in [2.75, 3.05) is 20.3 Å². The van der Waals surface area contributed by atoms with E-state index in [1.54, 1.807) is 7.11 Å². The lowest BCUT2D eigenvalue weighted by molar-refractivity contribution is -0.123. The van der Waals surface area contributed by atoms with Crippen LogP contribution in [0.5, 0.6) is 0 Å². The number of ether oxygens (including phenoxy) is 1. The van der Waals surface area contributed by atoms with E-state index in [2.05, 4.69) is 27.8 Å². The van der Waals surface area contributed by atoms with Crippen LogP contribution >= 0.6 is 0 Å². The van der Waals surface area contributed by atoms with E-state index in [1.807, 2.05) is 25.1 Å². The number of hydrogen-bond acceptors (Lipinski definition) is 3. The molecule has 1 saturated heterocycles. The van der Waals surface area contributed by atoms with Gasteiger partial charge >= 0.3 is 0 Å². The SMILES string of the molecule is COCCN=C1NC(=O)C(C)(CCc2ccccc2)N1. The monoisotopic (exact) mass is 275 g/mol. The van der Waals surface area contributed by atoms with Crippen LogP contribution in [0.15, 0.2) is 35.3 Å². The fourth-order valence-electron chi connectivity index (χ4n) is 2.14. The minimum atomic E-state index is -0.595. The Bertz CT molecular complexity index is 487. The highest BCUT2D eigenvalue weighted by Gasteiger charge is 2.40. The van der Waals surface area contributed by atoms with E-state index < -0.39 is 5.54 Å². The average molecular weight is 275 g/mol. The third-order valence-corrected chi connectivity index (χ3v) is 3.45. The second-order valence-corrected chi connectivity index (χ2v) is 5.12. The Kier molecular flexibility index (Phi) is 4.74. The van der Waals surface area contributed by atoms with Crippen LogP contribution in [0.1, 0.15) is 18.9 Å². The number of nitrogens with one attached hydrogen (secondary N) is 2. The van der Waals surface area contributed by atoms with Crippen molar-refractivity contribution in [1.82, 2.24) is 10.6 Å². The summed E-state index contributed by atoms with van der Waals surface area (Å²) in [5.41, 5.74) is 0.634. The maximum atomic E-state index is 12.1. The van der Waals surface area contributed by atoms with E-state index in [9.17, 15) is 4.79 Å². The molecule has 20 heavy (non-hydrogen) atoms. The maximum Gasteiger partial charge on any atom is 0.252 e. The Morgan fingerprint density at radius 3 is 2.75 bits per heavy atom. The Hall–Kier alpha value is -1.88. The first-order valence-electron chi connectivity index (χ1n) is 6.81. The number of rotatable bonds is 6. The number of aliphatic imine (C=N–C) groups is 1. The van der Waals surface area contributed by atoms with Crippen LogP contribution < -0.4 is 10.6 Å². The molecule has 5 heteroatoms. The Balaban J connectivity index is 1.93. The Morgan fingerprint density at radius 1 is 1.30 bits per heavy atom. The molecule has 1 heterocycles. The molecule has 0 spiro atoms. The Labute approximate surface area is 119 Å². The standard InChI is InChI=1S/C15H21N3O2/c1-15(9-8-12-6-4-3-5-7-12)13(19)17-14(18-15)16-10-11-20-2/h3-7H,8-11H2,1-2H3,(H2,16,17,18,19). The van der Waals surface area contributed by atoms with E-state index in [0.717, 1.165) is 12.8 Å². The molecule has 5 nitrogen and oxygen atoms in total. The number of methoxy groups -OCH3 is 1. The van der Waals surface area contributed by atoms with Gasteiger partial charge in [-0.2, -0.15) is 0 Å². The number of carbonyl (C=O) groups is 1.